The van der Waals surface area contributed by atoms with Crippen molar-refractivity contribution in [2.24, 2.45) is 0 Å². The van der Waals surface area contributed by atoms with Crippen LogP contribution in [0.5, 0.6) is 0 Å². The average Bonchev–Trinajstić information content (AvgIpc) is 2.95. The van der Waals surface area contributed by atoms with Crippen LogP contribution in [0.15, 0.2) is 42.6 Å². The summed E-state index contributed by atoms with van der Waals surface area (Å²) >= 11 is 12.8. The van der Waals surface area contributed by atoms with E-state index in [2.05, 4.69) is 20.2 Å². The molecule has 3 heterocycles. The fourth-order valence-electron chi connectivity index (χ4n) is 5.42. The lowest BCUT2D eigenvalue weighted by Crippen LogP contribution is -2.55. The Hall–Kier alpha value is -3.80. The van der Waals surface area contributed by atoms with Crippen molar-refractivity contribution in [2.45, 2.75) is 45.9 Å². The Balaban J connectivity index is 1.33. The molecule has 13 heteroatoms. The quantitative estimate of drug-likeness (QED) is 0.338. The molecule has 0 saturated carbocycles. The number of nitrogens with zero attached hydrogens (tertiary/aromatic N) is 6. The second-order valence-corrected chi connectivity index (χ2v) is 12.8. The summed E-state index contributed by atoms with van der Waals surface area (Å²) in [5.41, 5.74) is 3.04. The van der Waals surface area contributed by atoms with Crippen LogP contribution in [0.4, 0.5) is 33.6 Å². The van der Waals surface area contributed by atoms with Crippen molar-refractivity contribution in [3.05, 3.63) is 63.8 Å². The van der Waals surface area contributed by atoms with Crippen LogP contribution in [0, 0.1) is 0 Å². The van der Waals surface area contributed by atoms with Crippen molar-refractivity contribution < 1.29 is 19.1 Å². The maximum Gasteiger partial charge on any atom is 0.410 e. The van der Waals surface area contributed by atoms with E-state index in [-0.39, 0.29) is 24.7 Å². The molecule has 1 fully saturated rings. The molecule has 11 nitrogen and oxygen atoms in total. The highest BCUT2D eigenvalue weighted by molar-refractivity contribution is 6.40. The van der Waals surface area contributed by atoms with E-state index in [0.717, 1.165) is 16.9 Å². The van der Waals surface area contributed by atoms with Crippen LogP contribution in [0.25, 0.3) is 0 Å². The predicted octanol–water partition coefficient (Wildman–Crippen LogP) is 6.17. The second kappa shape index (κ2) is 12.7. The minimum atomic E-state index is -0.541. The highest BCUT2D eigenvalue weighted by atomic mass is 35.5. The van der Waals surface area contributed by atoms with Crippen LogP contribution in [0.1, 0.15) is 43.6 Å². The van der Waals surface area contributed by atoms with E-state index in [1.54, 1.807) is 30.2 Å². The van der Waals surface area contributed by atoms with Gasteiger partial charge in [-0.15, -0.1) is 0 Å². The number of halogens is 2. The van der Waals surface area contributed by atoms with E-state index in [4.69, 9.17) is 32.7 Å². The first-order valence-corrected chi connectivity index (χ1v) is 15.1. The lowest BCUT2D eigenvalue weighted by atomic mass is 10.1. The molecule has 1 atom stereocenters. The zero-order valence-corrected chi connectivity index (χ0v) is 27.2. The van der Waals surface area contributed by atoms with Crippen molar-refractivity contribution in [3.63, 3.8) is 0 Å². The van der Waals surface area contributed by atoms with Crippen molar-refractivity contribution in [1.29, 1.82) is 0 Å². The summed E-state index contributed by atoms with van der Waals surface area (Å²) in [4.78, 5) is 42.6. The second-order valence-electron chi connectivity index (χ2n) is 11.9. The molecule has 3 aromatic rings. The number of hydrogen-bond donors (Lipinski definition) is 1. The molecule has 2 aliphatic heterocycles. The SMILES string of the molecule is COCc1cc(Nc2ncc3c(n2)N(C)CN(c2c(Cl)cccc2Cl)C3=O)ccc1N1CCN(C(=O)OC(C)(C)C)C(C)C1. The number of fused-ring (bicyclic) bond motifs is 1. The number of nitrogens with one attached hydrogen (secondary N) is 1. The van der Waals surface area contributed by atoms with Gasteiger partial charge < -0.3 is 29.5 Å². The number of benzene rings is 2. The maximum atomic E-state index is 13.4. The van der Waals surface area contributed by atoms with Gasteiger partial charge in [0.1, 0.15) is 17.0 Å². The molecular formula is C31H37Cl2N7O4. The molecule has 234 valence electrons. The molecule has 1 aromatic heterocycles. The predicted molar refractivity (Wildman–Crippen MR) is 174 cm³/mol. The lowest BCUT2D eigenvalue weighted by molar-refractivity contribution is 0.0158. The van der Waals surface area contributed by atoms with E-state index in [9.17, 15) is 9.59 Å². The Kier molecular flexibility index (Phi) is 9.10. The van der Waals surface area contributed by atoms with Crippen molar-refractivity contribution in [2.75, 3.05) is 60.5 Å². The number of hydrogen-bond acceptors (Lipinski definition) is 9. The third-order valence-corrected chi connectivity index (χ3v) is 8.01. The van der Waals surface area contributed by atoms with E-state index in [1.807, 2.05) is 57.8 Å². The summed E-state index contributed by atoms with van der Waals surface area (Å²) < 4.78 is 11.1. The third-order valence-electron chi connectivity index (χ3n) is 7.40. The van der Waals surface area contributed by atoms with E-state index < -0.39 is 5.60 Å². The Morgan fingerprint density at radius 2 is 1.86 bits per heavy atom. The number of ether oxygens (including phenoxy) is 2. The molecule has 2 aliphatic rings. The molecule has 0 spiro atoms. The van der Waals surface area contributed by atoms with Gasteiger partial charge in [0.15, 0.2) is 0 Å². The van der Waals surface area contributed by atoms with Crippen LogP contribution in [-0.4, -0.2) is 79.0 Å². The van der Waals surface area contributed by atoms with Crippen LogP contribution < -0.4 is 20.0 Å². The molecule has 1 unspecified atom stereocenters. The molecule has 0 bridgehead atoms. The Morgan fingerprint density at radius 3 is 2.52 bits per heavy atom. The van der Waals surface area contributed by atoms with Gasteiger partial charge >= 0.3 is 6.09 Å². The first-order chi connectivity index (χ1) is 20.9. The van der Waals surface area contributed by atoms with Gasteiger partial charge in [-0.2, -0.15) is 4.98 Å². The topological polar surface area (TPSA) is 103 Å². The number of carbonyl (C=O) groups is 2. The fourth-order valence-corrected chi connectivity index (χ4v) is 6.02. The minimum absolute atomic E-state index is 0.0275. The van der Waals surface area contributed by atoms with Gasteiger partial charge in [0.05, 0.1) is 29.0 Å². The summed E-state index contributed by atoms with van der Waals surface area (Å²) in [5, 5.41) is 4.04. The summed E-state index contributed by atoms with van der Waals surface area (Å²) in [6, 6.07) is 11.1. The molecule has 5 rings (SSSR count). The van der Waals surface area contributed by atoms with Gasteiger partial charge in [-0.1, -0.05) is 29.3 Å². The highest BCUT2D eigenvalue weighted by Crippen LogP contribution is 2.38. The Bertz CT molecular complexity index is 1540. The fraction of sp³-hybridized carbons (Fsp3) is 0.419. The zero-order chi connectivity index (χ0) is 31.8. The molecular weight excluding hydrogens is 605 g/mol. The highest BCUT2D eigenvalue weighted by Gasteiger charge is 2.34. The minimum Gasteiger partial charge on any atom is -0.444 e. The van der Waals surface area contributed by atoms with Gasteiger partial charge in [0.2, 0.25) is 5.95 Å². The monoisotopic (exact) mass is 641 g/mol. The molecule has 2 aromatic carbocycles. The maximum absolute atomic E-state index is 13.4. The summed E-state index contributed by atoms with van der Waals surface area (Å²) in [5.74, 6) is 0.563. The molecule has 44 heavy (non-hydrogen) atoms. The summed E-state index contributed by atoms with van der Waals surface area (Å²) in [6.45, 7) is 10.1. The Morgan fingerprint density at radius 1 is 1.14 bits per heavy atom. The number of aromatic nitrogens is 2. The zero-order valence-electron chi connectivity index (χ0n) is 25.7. The van der Waals surface area contributed by atoms with Crippen LogP contribution in [0.3, 0.4) is 0 Å². The van der Waals surface area contributed by atoms with Gasteiger partial charge in [0, 0.05) is 63.0 Å². The molecule has 2 amide bonds. The number of rotatable bonds is 6. The first kappa shape index (κ1) is 31.6. The van der Waals surface area contributed by atoms with Crippen LogP contribution in [-0.2, 0) is 16.1 Å². The number of methoxy groups -OCH3 is 1. The summed E-state index contributed by atoms with van der Waals surface area (Å²) in [6.07, 6.45) is 1.22. The van der Waals surface area contributed by atoms with Gasteiger partial charge in [-0.25, -0.2) is 9.78 Å². The molecule has 1 N–H and O–H groups in total. The molecule has 0 radical (unpaired) electrons. The number of amides is 2. The van der Waals surface area contributed by atoms with Crippen LogP contribution >= 0.6 is 23.2 Å². The Labute approximate surface area is 267 Å². The standard InChI is InChI=1S/C31H37Cl2N7O4/c1-19-16-38(12-13-39(19)30(42)44-31(2,3)4)25-11-10-21(14-20(25)17-43-6)35-29-34-15-22-27(36-29)37(5)18-40(28(22)41)26-23(32)8-7-9-24(26)33/h7-11,14-15,19H,12-13,16-18H2,1-6H3,(H,34,35,36). The van der Waals surface area contributed by atoms with Gasteiger partial charge in [-0.3, -0.25) is 9.69 Å². The smallest absolute Gasteiger partial charge is 0.410 e. The molecule has 1 saturated heterocycles. The summed E-state index contributed by atoms with van der Waals surface area (Å²) in [7, 11) is 3.50. The first-order valence-electron chi connectivity index (χ1n) is 14.3. The third kappa shape index (κ3) is 6.64. The average molecular weight is 643 g/mol. The van der Waals surface area contributed by atoms with Gasteiger partial charge in [0.25, 0.3) is 5.91 Å². The lowest BCUT2D eigenvalue weighted by Gasteiger charge is -2.41. The number of anilines is 5. The number of carbonyl (C=O) groups excluding carboxylic acids is 2. The van der Waals surface area contributed by atoms with Crippen molar-refractivity contribution in [1.82, 2.24) is 14.9 Å². The normalized spacial score (nSPS) is 17.1. The van der Waals surface area contributed by atoms with Gasteiger partial charge in [-0.05, 0) is 58.0 Å². The van der Waals surface area contributed by atoms with Crippen molar-refractivity contribution in [3.8, 4) is 0 Å². The van der Waals surface area contributed by atoms with E-state index >= 15 is 0 Å². The molecule has 0 aliphatic carbocycles. The number of para-hydroxylation sites is 1. The largest absolute Gasteiger partial charge is 0.444 e. The van der Waals surface area contributed by atoms with E-state index in [0.29, 0.717) is 59.3 Å². The van der Waals surface area contributed by atoms with Crippen LogP contribution in [0.2, 0.25) is 10.0 Å². The number of piperazine rings is 1. The van der Waals surface area contributed by atoms with E-state index in [1.165, 1.54) is 11.1 Å². The van der Waals surface area contributed by atoms with Crippen molar-refractivity contribution >= 4 is 64.0 Å².